The summed E-state index contributed by atoms with van der Waals surface area (Å²) in [6.45, 7) is 11.2. The van der Waals surface area contributed by atoms with Crippen LogP contribution < -0.4 is 5.32 Å². The monoisotopic (exact) mass is 223 g/mol. The number of carbonyl (C=O) groups is 1. The molecule has 2 heteroatoms. The molecule has 0 aromatic carbocycles. The summed E-state index contributed by atoms with van der Waals surface area (Å²) in [5.74, 6) is 0.942. The number of carbonyl (C=O) groups excluding carboxylic acids is 1. The van der Waals surface area contributed by atoms with E-state index in [1.807, 2.05) is 6.92 Å². The Hall–Kier alpha value is -0.890. The van der Waals surface area contributed by atoms with Crippen LogP contribution in [-0.4, -0.2) is 18.9 Å². The van der Waals surface area contributed by atoms with Crippen LogP contribution in [0.4, 0.5) is 0 Å². The highest BCUT2D eigenvalue weighted by Crippen LogP contribution is 2.10. The molecule has 0 bridgehead atoms. The van der Waals surface area contributed by atoms with Gasteiger partial charge in [-0.2, -0.15) is 0 Å². The first-order chi connectivity index (χ1) is 7.65. The van der Waals surface area contributed by atoms with E-state index in [0.29, 0.717) is 6.54 Å². The molecule has 0 aromatic heterocycles. The minimum Gasteiger partial charge on any atom is -0.310 e. The molecule has 0 aromatic rings. The second kappa shape index (κ2) is 9.34. The Morgan fingerprint density at radius 3 is 2.50 bits per heavy atom. The summed E-state index contributed by atoms with van der Waals surface area (Å²) < 4.78 is 0. The highest BCUT2D eigenvalue weighted by molar-refractivity contribution is 5.96. The third-order valence-electron chi connectivity index (χ3n) is 2.98. The first-order valence-electron chi connectivity index (χ1n) is 6.18. The predicted molar refractivity (Wildman–Crippen MR) is 70.5 cm³/mol. The maximum Gasteiger partial charge on any atom is 0.172 e. The molecule has 92 valence electrons. The summed E-state index contributed by atoms with van der Waals surface area (Å²) in [7, 11) is 0. The molecule has 0 unspecified atom stereocenters. The van der Waals surface area contributed by atoms with Gasteiger partial charge in [-0.3, -0.25) is 4.79 Å². The van der Waals surface area contributed by atoms with Gasteiger partial charge in [0.05, 0.1) is 6.54 Å². The second-order valence-electron chi connectivity index (χ2n) is 4.16. The zero-order valence-electron chi connectivity index (χ0n) is 10.9. The zero-order valence-corrected chi connectivity index (χ0v) is 10.9. The van der Waals surface area contributed by atoms with Crippen LogP contribution in [-0.2, 0) is 4.79 Å². The number of ketones is 1. The smallest absolute Gasteiger partial charge is 0.172 e. The van der Waals surface area contributed by atoms with Crippen LogP contribution >= 0.6 is 0 Å². The molecule has 0 fully saturated rings. The number of nitrogens with one attached hydrogen (secondary N) is 1. The van der Waals surface area contributed by atoms with Crippen LogP contribution in [0.1, 0.15) is 40.0 Å². The van der Waals surface area contributed by atoms with Gasteiger partial charge in [-0.1, -0.05) is 45.4 Å². The summed E-state index contributed by atoms with van der Waals surface area (Å²) in [6, 6.07) is 0. The van der Waals surface area contributed by atoms with Crippen molar-refractivity contribution in [1.82, 2.24) is 5.32 Å². The highest BCUT2D eigenvalue weighted by Gasteiger charge is 2.05. The van der Waals surface area contributed by atoms with Gasteiger partial charge in [-0.15, -0.1) is 0 Å². The molecular weight excluding hydrogens is 198 g/mol. The first-order valence-corrected chi connectivity index (χ1v) is 6.18. The molecule has 0 aliphatic rings. The van der Waals surface area contributed by atoms with E-state index in [1.165, 1.54) is 12.8 Å². The van der Waals surface area contributed by atoms with Crippen molar-refractivity contribution in [2.75, 3.05) is 13.1 Å². The summed E-state index contributed by atoms with van der Waals surface area (Å²) in [5.41, 5.74) is 0.769. The number of Topliss-reactive ketones (excluding diaryl/α,β-unsaturated/α-hetero) is 1. The van der Waals surface area contributed by atoms with E-state index in [-0.39, 0.29) is 5.78 Å². The molecule has 0 atom stereocenters. The molecule has 0 aliphatic heterocycles. The average Bonchev–Trinajstić information content (AvgIpc) is 2.29. The molecule has 0 radical (unpaired) electrons. The molecule has 0 aliphatic carbocycles. The summed E-state index contributed by atoms with van der Waals surface area (Å²) in [5, 5.41) is 3.20. The second-order valence-corrected chi connectivity index (χ2v) is 4.16. The third-order valence-corrected chi connectivity index (χ3v) is 2.98. The summed E-state index contributed by atoms with van der Waals surface area (Å²) in [4.78, 5) is 11.5. The third kappa shape index (κ3) is 6.57. The van der Waals surface area contributed by atoms with E-state index < -0.39 is 0 Å². The van der Waals surface area contributed by atoms with E-state index in [0.717, 1.165) is 24.5 Å². The van der Waals surface area contributed by atoms with Gasteiger partial charge in [0.2, 0.25) is 0 Å². The van der Waals surface area contributed by atoms with Gasteiger partial charge in [-0.25, -0.2) is 0 Å². The van der Waals surface area contributed by atoms with E-state index in [1.54, 1.807) is 12.2 Å². The molecule has 0 heterocycles. The van der Waals surface area contributed by atoms with Crippen LogP contribution in [0.15, 0.2) is 24.3 Å². The van der Waals surface area contributed by atoms with Crippen molar-refractivity contribution in [1.29, 1.82) is 0 Å². The molecule has 0 saturated carbocycles. The van der Waals surface area contributed by atoms with Crippen molar-refractivity contribution in [2.24, 2.45) is 5.92 Å². The lowest BCUT2D eigenvalue weighted by Gasteiger charge is -2.12. The molecule has 0 amide bonds. The van der Waals surface area contributed by atoms with Crippen LogP contribution in [0.3, 0.4) is 0 Å². The van der Waals surface area contributed by atoms with E-state index in [2.05, 4.69) is 25.7 Å². The van der Waals surface area contributed by atoms with Crippen LogP contribution in [0.5, 0.6) is 0 Å². The fraction of sp³-hybridized carbons (Fsp3) is 0.643. The lowest BCUT2D eigenvalue weighted by Crippen LogP contribution is -2.25. The van der Waals surface area contributed by atoms with E-state index >= 15 is 0 Å². The summed E-state index contributed by atoms with van der Waals surface area (Å²) >= 11 is 0. The highest BCUT2D eigenvalue weighted by atomic mass is 16.1. The molecule has 0 spiro atoms. The van der Waals surface area contributed by atoms with Gasteiger partial charge in [0, 0.05) is 0 Å². The quantitative estimate of drug-likeness (QED) is 0.370. The number of hydrogen-bond acceptors (Lipinski definition) is 2. The SMILES string of the molecule is C=CC=C(C)C(=O)CNCCC(CC)CC. The Morgan fingerprint density at radius 2 is 2.00 bits per heavy atom. The van der Waals surface area contributed by atoms with Gasteiger partial charge in [0.25, 0.3) is 0 Å². The number of allylic oxidation sites excluding steroid dienone is 2. The fourth-order valence-corrected chi connectivity index (χ4v) is 1.61. The Morgan fingerprint density at radius 1 is 1.38 bits per heavy atom. The number of hydrogen-bond donors (Lipinski definition) is 1. The molecular formula is C14H25NO. The van der Waals surface area contributed by atoms with Gasteiger partial charge >= 0.3 is 0 Å². The molecule has 16 heavy (non-hydrogen) atoms. The topological polar surface area (TPSA) is 29.1 Å². The fourth-order valence-electron chi connectivity index (χ4n) is 1.61. The molecule has 1 N–H and O–H groups in total. The van der Waals surface area contributed by atoms with Crippen molar-refractivity contribution in [2.45, 2.75) is 40.0 Å². The van der Waals surface area contributed by atoms with Crippen LogP contribution in [0.25, 0.3) is 0 Å². The predicted octanol–water partition coefficient (Wildman–Crippen LogP) is 3.10. The van der Waals surface area contributed by atoms with Crippen molar-refractivity contribution in [3.05, 3.63) is 24.3 Å². The normalized spacial score (nSPS) is 11.9. The Balaban J connectivity index is 3.70. The Labute approximate surface area is 99.8 Å². The molecule has 0 saturated heterocycles. The standard InChI is InChI=1S/C14H25NO/c1-5-8-12(4)14(16)11-15-10-9-13(6-2)7-3/h5,8,13,15H,1,6-7,9-11H2,2-4H3. The van der Waals surface area contributed by atoms with Crippen molar-refractivity contribution in [3.63, 3.8) is 0 Å². The Kier molecular flexibility index (Phi) is 8.82. The lowest BCUT2D eigenvalue weighted by molar-refractivity contribution is -0.114. The zero-order chi connectivity index (χ0) is 12.4. The van der Waals surface area contributed by atoms with Crippen molar-refractivity contribution in [3.8, 4) is 0 Å². The molecule has 0 rings (SSSR count). The maximum atomic E-state index is 11.5. The minimum absolute atomic E-state index is 0.157. The largest absolute Gasteiger partial charge is 0.310 e. The van der Waals surface area contributed by atoms with E-state index in [4.69, 9.17) is 0 Å². The van der Waals surface area contributed by atoms with Gasteiger partial charge in [-0.05, 0) is 31.4 Å². The van der Waals surface area contributed by atoms with Gasteiger partial charge in [0.15, 0.2) is 5.78 Å². The number of rotatable bonds is 9. The minimum atomic E-state index is 0.157. The van der Waals surface area contributed by atoms with Gasteiger partial charge < -0.3 is 5.32 Å². The Bertz CT molecular complexity index is 239. The lowest BCUT2D eigenvalue weighted by atomic mass is 10.00. The average molecular weight is 223 g/mol. The first kappa shape index (κ1) is 15.1. The van der Waals surface area contributed by atoms with Crippen LogP contribution in [0.2, 0.25) is 0 Å². The molecule has 2 nitrogen and oxygen atoms in total. The van der Waals surface area contributed by atoms with Crippen molar-refractivity contribution >= 4 is 5.78 Å². The maximum absolute atomic E-state index is 11.5. The van der Waals surface area contributed by atoms with Gasteiger partial charge in [0.1, 0.15) is 0 Å². The van der Waals surface area contributed by atoms with Crippen LogP contribution in [0, 0.1) is 5.92 Å². The van der Waals surface area contributed by atoms with Crippen molar-refractivity contribution < 1.29 is 4.79 Å². The van der Waals surface area contributed by atoms with E-state index in [9.17, 15) is 4.79 Å². The summed E-state index contributed by atoms with van der Waals surface area (Å²) in [6.07, 6.45) is 7.01.